The number of rotatable bonds is 1. The standard InChI is InChI=1S/C14H15FN2O3/c1-8-3-2-4-9-10(8)7-17(12(9)19)14(15)6-5-11(18)16-13(14)20/h2-4,11,18H,5-7H2,1H3,(H,16,20). The number of halogens is 1. The van der Waals surface area contributed by atoms with Crippen LogP contribution >= 0.6 is 0 Å². The molecule has 20 heavy (non-hydrogen) atoms. The van der Waals surface area contributed by atoms with Gasteiger partial charge in [-0.3, -0.25) is 14.5 Å². The second-order valence-corrected chi connectivity index (χ2v) is 5.28. The number of aliphatic hydroxyl groups is 1. The number of alkyl halides is 1. The summed E-state index contributed by atoms with van der Waals surface area (Å²) in [7, 11) is 0. The third-order valence-corrected chi connectivity index (χ3v) is 4.02. The van der Waals surface area contributed by atoms with E-state index in [1.54, 1.807) is 12.1 Å². The van der Waals surface area contributed by atoms with Crippen LogP contribution in [0.1, 0.15) is 34.3 Å². The maximum absolute atomic E-state index is 15.0. The number of hydrogen-bond donors (Lipinski definition) is 2. The Bertz CT molecular complexity index is 604. The first-order valence-corrected chi connectivity index (χ1v) is 6.52. The van der Waals surface area contributed by atoms with Crippen LogP contribution in [-0.4, -0.2) is 33.8 Å². The fourth-order valence-corrected chi connectivity index (χ4v) is 2.81. The first-order valence-electron chi connectivity index (χ1n) is 6.52. The molecule has 0 saturated carbocycles. The van der Waals surface area contributed by atoms with Gasteiger partial charge in [-0.2, -0.15) is 0 Å². The van der Waals surface area contributed by atoms with Crippen LogP contribution in [0.5, 0.6) is 0 Å². The summed E-state index contributed by atoms with van der Waals surface area (Å²) >= 11 is 0. The topological polar surface area (TPSA) is 69.6 Å². The van der Waals surface area contributed by atoms with Gasteiger partial charge in [0, 0.05) is 12.0 Å². The van der Waals surface area contributed by atoms with Crippen molar-refractivity contribution in [2.45, 2.75) is 38.3 Å². The van der Waals surface area contributed by atoms with Gasteiger partial charge in [0.2, 0.25) is 0 Å². The molecular weight excluding hydrogens is 263 g/mol. The summed E-state index contributed by atoms with van der Waals surface area (Å²) in [6.45, 7) is 1.94. The fraction of sp³-hybridized carbons (Fsp3) is 0.429. The molecule has 5 nitrogen and oxygen atoms in total. The van der Waals surface area contributed by atoms with E-state index >= 15 is 0 Å². The lowest BCUT2D eigenvalue weighted by molar-refractivity contribution is -0.155. The summed E-state index contributed by atoms with van der Waals surface area (Å²) in [5, 5.41) is 11.5. The lowest BCUT2D eigenvalue weighted by Crippen LogP contribution is -2.61. The number of hydrogen-bond acceptors (Lipinski definition) is 3. The minimum atomic E-state index is -2.39. The number of benzene rings is 1. The molecule has 2 aliphatic heterocycles. The maximum Gasteiger partial charge on any atom is 0.280 e. The molecule has 1 fully saturated rings. The third-order valence-electron chi connectivity index (χ3n) is 4.02. The van der Waals surface area contributed by atoms with Crippen LogP contribution < -0.4 is 5.32 Å². The van der Waals surface area contributed by atoms with Crippen molar-refractivity contribution in [3.8, 4) is 0 Å². The van der Waals surface area contributed by atoms with Crippen LogP contribution in [0.25, 0.3) is 0 Å². The minimum absolute atomic E-state index is 0.0842. The minimum Gasteiger partial charge on any atom is -0.374 e. The molecule has 2 amide bonds. The molecule has 0 radical (unpaired) electrons. The van der Waals surface area contributed by atoms with Crippen molar-refractivity contribution in [2.24, 2.45) is 0 Å². The Morgan fingerprint density at radius 1 is 1.45 bits per heavy atom. The normalized spacial score (nSPS) is 29.4. The number of nitrogens with zero attached hydrogens (tertiary/aromatic N) is 1. The fourth-order valence-electron chi connectivity index (χ4n) is 2.81. The number of nitrogens with one attached hydrogen (secondary N) is 1. The van der Waals surface area contributed by atoms with Gasteiger partial charge in [0.25, 0.3) is 17.6 Å². The zero-order valence-corrected chi connectivity index (χ0v) is 11.0. The molecular formula is C14H15FN2O3. The van der Waals surface area contributed by atoms with Crippen molar-refractivity contribution in [3.05, 3.63) is 34.9 Å². The molecule has 2 N–H and O–H groups in total. The zero-order valence-electron chi connectivity index (χ0n) is 11.0. The van der Waals surface area contributed by atoms with Crippen molar-refractivity contribution < 1.29 is 19.1 Å². The van der Waals surface area contributed by atoms with Crippen molar-refractivity contribution >= 4 is 11.8 Å². The quantitative estimate of drug-likeness (QED) is 0.748. The van der Waals surface area contributed by atoms with Crippen LogP contribution in [0.4, 0.5) is 4.39 Å². The molecule has 0 aromatic heterocycles. The van der Waals surface area contributed by atoms with E-state index in [1.807, 2.05) is 13.0 Å². The summed E-state index contributed by atoms with van der Waals surface area (Å²) in [6, 6.07) is 5.24. The molecule has 6 heteroatoms. The van der Waals surface area contributed by atoms with Crippen LogP contribution in [0.15, 0.2) is 18.2 Å². The summed E-state index contributed by atoms with van der Waals surface area (Å²) < 4.78 is 15.0. The monoisotopic (exact) mass is 278 g/mol. The SMILES string of the molecule is Cc1cccc2c1CN(C1(F)CCC(O)NC1=O)C2=O. The van der Waals surface area contributed by atoms with Crippen LogP contribution in [0.2, 0.25) is 0 Å². The van der Waals surface area contributed by atoms with E-state index < -0.39 is 23.8 Å². The van der Waals surface area contributed by atoms with Crippen molar-refractivity contribution in [3.63, 3.8) is 0 Å². The van der Waals surface area contributed by atoms with Gasteiger partial charge >= 0.3 is 0 Å². The predicted molar refractivity (Wildman–Crippen MR) is 68.3 cm³/mol. The molecule has 0 bridgehead atoms. The van der Waals surface area contributed by atoms with Crippen LogP contribution in [0.3, 0.4) is 0 Å². The van der Waals surface area contributed by atoms with Crippen molar-refractivity contribution in [2.75, 3.05) is 0 Å². The molecule has 2 aliphatic rings. The molecule has 2 heterocycles. The van der Waals surface area contributed by atoms with E-state index in [9.17, 15) is 19.1 Å². The van der Waals surface area contributed by atoms with Crippen LogP contribution in [0, 0.1) is 6.92 Å². The lowest BCUT2D eigenvalue weighted by Gasteiger charge is -2.37. The molecule has 1 saturated heterocycles. The van der Waals surface area contributed by atoms with Gasteiger partial charge < -0.3 is 10.4 Å². The van der Waals surface area contributed by atoms with E-state index in [4.69, 9.17) is 0 Å². The Morgan fingerprint density at radius 2 is 2.20 bits per heavy atom. The van der Waals surface area contributed by atoms with Gasteiger partial charge in [-0.1, -0.05) is 12.1 Å². The largest absolute Gasteiger partial charge is 0.374 e. The second kappa shape index (κ2) is 4.28. The van der Waals surface area contributed by atoms with E-state index in [0.29, 0.717) is 5.56 Å². The second-order valence-electron chi connectivity index (χ2n) is 5.28. The van der Waals surface area contributed by atoms with E-state index in [1.165, 1.54) is 0 Å². The highest BCUT2D eigenvalue weighted by Gasteiger charge is 2.52. The number of carbonyl (C=O) groups excluding carboxylic acids is 2. The number of carbonyl (C=O) groups is 2. The number of piperidine rings is 1. The molecule has 106 valence electrons. The average molecular weight is 278 g/mol. The summed E-state index contributed by atoms with van der Waals surface area (Å²) in [5.74, 6) is -3.81. The first-order chi connectivity index (χ1) is 9.43. The first kappa shape index (κ1) is 13.1. The zero-order chi connectivity index (χ0) is 14.5. The molecule has 0 spiro atoms. The van der Waals surface area contributed by atoms with Crippen LogP contribution in [-0.2, 0) is 11.3 Å². The highest BCUT2D eigenvalue weighted by Crippen LogP contribution is 2.36. The highest BCUT2D eigenvalue weighted by atomic mass is 19.1. The van der Waals surface area contributed by atoms with Gasteiger partial charge in [0.1, 0.15) is 6.23 Å². The van der Waals surface area contributed by atoms with E-state index in [2.05, 4.69) is 5.32 Å². The summed E-state index contributed by atoms with van der Waals surface area (Å²) in [6.07, 6.45) is -1.16. The maximum atomic E-state index is 15.0. The summed E-state index contributed by atoms with van der Waals surface area (Å²) in [4.78, 5) is 25.1. The third kappa shape index (κ3) is 1.71. The van der Waals surface area contributed by atoms with Gasteiger partial charge in [0.05, 0.1) is 6.54 Å². The number of fused-ring (bicyclic) bond motifs is 1. The Kier molecular flexibility index (Phi) is 2.79. The Hall–Kier alpha value is -1.95. The average Bonchev–Trinajstić information content (AvgIpc) is 2.75. The number of aryl methyl sites for hydroxylation is 1. The van der Waals surface area contributed by atoms with Gasteiger partial charge in [-0.15, -0.1) is 0 Å². The van der Waals surface area contributed by atoms with E-state index in [-0.39, 0.29) is 19.4 Å². The number of amides is 2. The van der Waals surface area contributed by atoms with Crippen molar-refractivity contribution in [1.82, 2.24) is 10.2 Å². The summed E-state index contributed by atoms with van der Waals surface area (Å²) in [5.41, 5.74) is 2.10. The predicted octanol–water partition coefficient (Wildman–Crippen LogP) is 0.845. The Morgan fingerprint density at radius 3 is 2.85 bits per heavy atom. The Labute approximate surface area is 115 Å². The molecule has 2 atom stereocenters. The van der Waals surface area contributed by atoms with Gasteiger partial charge in [-0.05, 0) is 30.5 Å². The van der Waals surface area contributed by atoms with Crippen molar-refractivity contribution in [1.29, 1.82) is 0 Å². The highest BCUT2D eigenvalue weighted by molar-refractivity contribution is 6.02. The Balaban J connectivity index is 1.96. The molecule has 1 aromatic carbocycles. The van der Waals surface area contributed by atoms with Gasteiger partial charge in [0.15, 0.2) is 0 Å². The van der Waals surface area contributed by atoms with E-state index in [0.717, 1.165) is 16.0 Å². The van der Waals surface area contributed by atoms with Gasteiger partial charge in [-0.25, -0.2) is 4.39 Å². The smallest absolute Gasteiger partial charge is 0.280 e. The molecule has 0 aliphatic carbocycles. The molecule has 1 aromatic rings. The molecule has 2 unspecified atom stereocenters. The lowest BCUT2D eigenvalue weighted by atomic mass is 10.0. The molecule has 3 rings (SSSR count). The number of aliphatic hydroxyl groups excluding tert-OH is 1.